The average Bonchev–Trinajstić information content (AvgIpc) is 2.67. The predicted molar refractivity (Wildman–Crippen MR) is 106 cm³/mol. The van der Waals surface area contributed by atoms with Crippen molar-refractivity contribution < 1.29 is 4.79 Å². The lowest BCUT2D eigenvalue weighted by molar-refractivity contribution is 0.102. The van der Waals surface area contributed by atoms with Gasteiger partial charge in [-0.15, -0.1) is 0 Å². The third kappa shape index (κ3) is 2.95. The van der Waals surface area contributed by atoms with Crippen molar-refractivity contribution in [2.45, 2.75) is 0 Å². The van der Waals surface area contributed by atoms with Crippen LogP contribution in [-0.2, 0) is 0 Å². The first-order valence-corrected chi connectivity index (χ1v) is 8.35. The summed E-state index contributed by atoms with van der Waals surface area (Å²) in [6, 6.07) is 19.1. The van der Waals surface area contributed by atoms with Crippen LogP contribution in [0.4, 0.5) is 11.5 Å². The van der Waals surface area contributed by atoms with Gasteiger partial charge in [-0.2, -0.15) is 0 Å². The van der Waals surface area contributed by atoms with Crippen LogP contribution in [0, 0.1) is 0 Å². The molecule has 0 saturated heterocycles. The molecule has 0 unspecified atom stereocenters. The molecule has 2 aromatic heterocycles. The fourth-order valence-corrected chi connectivity index (χ4v) is 2.93. The molecule has 2 aromatic carbocycles. The maximum atomic E-state index is 12.7. The number of benzene rings is 2. The molecule has 26 heavy (non-hydrogen) atoms. The highest BCUT2D eigenvalue weighted by Crippen LogP contribution is 2.22. The van der Waals surface area contributed by atoms with E-state index in [4.69, 9.17) is 0 Å². The van der Waals surface area contributed by atoms with Gasteiger partial charge in [0, 0.05) is 36.8 Å². The van der Waals surface area contributed by atoms with Gasteiger partial charge in [0.2, 0.25) is 0 Å². The Balaban J connectivity index is 1.66. The zero-order valence-electron chi connectivity index (χ0n) is 14.6. The first-order chi connectivity index (χ1) is 12.6. The zero-order valence-corrected chi connectivity index (χ0v) is 14.6. The lowest BCUT2D eigenvalue weighted by atomic mass is 10.1. The van der Waals surface area contributed by atoms with E-state index in [1.54, 1.807) is 12.3 Å². The molecule has 5 nitrogen and oxygen atoms in total. The van der Waals surface area contributed by atoms with Crippen LogP contribution in [0.2, 0.25) is 0 Å². The van der Waals surface area contributed by atoms with Crippen molar-refractivity contribution >= 4 is 39.2 Å². The number of carbonyl (C=O) groups is 1. The van der Waals surface area contributed by atoms with Crippen LogP contribution < -0.4 is 10.2 Å². The predicted octanol–water partition coefficient (Wildman–Crippen LogP) is 4.10. The highest BCUT2D eigenvalue weighted by atomic mass is 16.1. The molecule has 0 bridgehead atoms. The van der Waals surface area contributed by atoms with Crippen molar-refractivity contribution in [3.63, 3.8) is 0 Å². The van der Waals surface area contributed by atoms with E-state index in [1.807, 2.05) is 73.6 Å². The van der Waals surface area contributed by atoms with Crippen LogP contribution in [0.3, 0.4) is 0 Å². The van der Waals surface area contributed by atoms with E-state index in [9.17, 15) is 4.79 Å². The largest absolute Gasteiger partial charge is 0.363 e. The molecule has 0 atom stereocenters. The maximum absolute atomic E-state index is 12.7. The number of nitrogens with one attached hydrogen (secondary N) is 1. The Morgan fingerprint density at radius 2 is 1.81 bits per heavy atom. The second-order valence-electron chi connectivity index (χ2n) is 6.31. The van der Waals surface area contributed by atoms with Gasteiger partial charge < -0.3 is 10.2 Å². The second kappa shape index (κ2) is 6.44. The topological polar surface area (TPSA) is 58.1 Å². The normalized spacial score (nSPS) is 10.8. The minimum Gasteiger partial charge on any atom is -0.363 e. The van der Waals surface area contributed by atoms with E-state index in [1.165, 1.54) is 0 Å². The van der Waals surface area contributed by atoms with Crippen LogP contribution >= 0.6 is 0 Å². The van der Waals surface area contributed by atoms with Gasteiger partial charge in [-0.25, -0.2) is 4.98 Å². The smallest absolute Gasteiger partial charge is 0.257 e. The van der Waals surface area contributed by atoms with Crippen molar-refractivity contribution in [2.75, 3.05) is 24.3 Å². The Morgan fingerprint density at radius 3 is 2.65 bits per heavy atom. The first kappa shape index (κ1) is 16.0. The average molecular weight is 342 g/mol. The number of amides is 1. The molecule has 0 spiro atoms. The number of pyridine rings is 2. The monoisotopic (exact) mass is 342 g/mol. The summed E-state index contributed by atoms with van der Waals surface area (Å²) < 4.78 is 0. The number of rotatable bonds is 3. The van der Waals surface area contributed by atoms with Crippen molar-refractivity contribution in [1.82, 2.24) is 9.97 Å². The molecule has 2 heterocycles. The Hall–Kier alpha value is -3.47. The van der Waals surface area contributed by atoms with Gasteiger partial charge in [0.1, 0.15) is 5.82 Å². The fraction of sp³-hybridized carbons (Fsp3) is 0.0952. The maximum Gasteiger partial charge on any atom is 0.257 e. The SMILES string of the molecule is CN(C)c1ccc2cc(NC(=O)c3cccc4cccnc34)ccc2n1. The lowest BCUT2D eigenvalue weighted by Crippen LogP contribution is -2.13. The van der Waals surface area contributed by atoms with E-state index in [0.717, 1.165) is 27.8 Å². The number of nitrogens with zero attached hydrogens (tertiary/aromatic N) is 3. The van der Waals surface area contributed by atoms with E-state index in [-0.39, 0.29) is 5.91 Å². The summed E-state index contributed by atoms with van der Waals surface area (Å²) in [6.07, 6.45) is 1.70. The van der Waals surface area contributed by atoms with Gasteiger partial charge in [-0.05, 0) is 42.5 Å². The molecule has 1 amide bonds. The Labute approximate surface area is 151 Å². The minimum atomic E-state index is -0.175. The molecule has 0 aliphatic heterocycles. The Morgan fingerprint density at radius 1 is 0.962 bits per heavy atom. The summed E-state index contributed by atoms with van der Waals surface area (Å²) in [6.45, 7) is 0. The highest BCUT2D eigenvalue weighted by Gasteiger charge is 2.11. The summed E-state index contributed by atoms with van der Waals surface area (Å²) in [5, 5.41) is 4.88. The molecule has 0 saturated carbocycles. The quantitative estimate of drug-likeness (QED) is 0.609. The number of hydrogen-bond acceptors (Lipinski definition) is 4. The lowest BCUT2D eigenvalue weighted by Gasteiger charge is -2.12. The highest BCUT2D eigenvalue weighted by molar-refractivity contribution is 6.12. The summed E-state index contributed by atoms with van der Waals surface area (Å²) in [4.78, 5) is 23.6. The molecule has 0 aliphatic carbocycles. The summed E-state index contributed by atoms with van der Waals surface area (Å²) in [5.74, 6) is 0.725. The minimum absolute atomic E-state index is 0.175. The number of carbonyl (C=O) groups excluding carboxylic acids is 1. The Kier molecular flexibility index (Phi) is 3.97. The molecular weight excluding hydrogens is 324 g/mol. The standard InChI is InChI=1S/C21H18N4O/c1-25(2)19-11-8-15-13-16(9-10-18(15)24-19)23-21(26)17-7-3-5-14-6-4-12-22-20(14)17/h3-13H,1-2H3,(H,23,26). The fourth-order valence-electron chi connectivity index (χ4n) is 2.93. The number of hydrogen-bond donors (Lipinski definition) is 1. The summed E-state index contributed by atoms with van der Waals surface area (Å²) in [7, 11) is 3.92. The van der Waals surface area contributed by atoms with E-state index < -0.39 is 0 Å². The van der Waals surface area contributed by atoms with Crippen LogP contribution in [-0.4, -0.2) is 30.0 Å². The van der Waals surface area contributed by atoms with Gasteiger partial charge in [0.05, 0.1) is 16.6 Å². The molecule has 0 fully saturated rings. The molecule has 5 heteroatoms. The van der Waals surface area contributed by atoms with Gasteiger partial charge in [0.15, 0.2) is 0 Å². The number of anilines is 2. The Bertz CT molecular complexity index is 1120. The van der Waals surface area contributed by atoms with Crippen molar-refractivity contribution in [3.8, 4) is 0 Å². The van der Waals surface area contributed by atoms with Gasteiger partial charge in [0.25, 0.3) is 5.91 Å². The van der Waals surface area contributed by atoms with Crippen molar-refractivity contribution in [1.29, 1.82) is 0 Å². The van der Waals surface area contributed by atoms with Crippen molar-refractivity contribution in [3.05, 3.63) is 72.4 Å². The van der Waals surface area contributed by atoms with Crippen LogP contribution in [0.5, 0.6) is 0 Å². The zero-order chi connectivity index (χ0) is 18.1. The molecule has 0 aliphatic rings. The molecule has 0 radical (unpaired) electrons. The number of para-hydroxylation sites is 1. The van der Waals surface area contributed by atoms with E-state index in [2.05, 4.69) is 15.3 Å². The third-order valence-electron chi connectivity index (χ3n) is 4.27. The van der Waals surface area contributed by atoms with E-state index >= 15 is 0 Å². The van der Waals surface area contributed by atoms with Crippen LogP contribution in [0.15, 0.2) is 66.9 Å². The number of fused-ring (bicyclic) bond motifs is 2. The van der Waals surface area contributed by atoms with Crippen molar-refractivity contribution in [2.24, 2.45) is 0 Å². The molecule has 1 N–H and O–H groups in total. The van der Waals surface area contributed by atoms with Crippen LogP contribution in [0.1, 0.15) is 10.4 Å². The third-order valence-corrected chi connectivity index (χ3v) is 4.27. The molecular formula is C21H18N4O. The summed E-state index contributed by atoms with van der Waals surface area (Å²) >= 11 is 0. The molecule has 128 valence electrons. The first-order valence-electron chi connectivity index (χ1n) is 8.35. The molecule has 4 aromatic rings. The summed E-state index contributed by atoms with van der Waals surface area (Å²) in [5.41, 5.74) is 2.88. The second-order valence-corrected chi connectivity index (χ2v) is 6.31. The van der Waals surface area contributed by atoms with E-state index in [0.29, 0.717) is 11.1 Å². The number of aromatic nitrogens is 2. The van der Waals surface area contributed by atoms with Gasteiger partial charge in [-0.3, -0.25) is 9.78 Å². The van der Waals surface area contributed by atoms with Crippen LogP contribution in [0.25, 0.3) is 21.8 Å². The van der Waals surface area contributed by atoms with Gasteiger partial charge >= 0.3 is 0 Å². The van der Waals surface area contributed by atoms with Gasteiger partial charge in [-0.1, -0.05) is 18.2 Å². The molecule has 4 rings (SSSR count).